The van der Waals surface area contributed by atoms with E-state index in [4.69, 9.17) is 9.47 Å². The Labute approximate surface area is 226 Å². The predicted molar refractivity (Wildman–Crippen MR) is 147 cm³/mol. The van der Waals surface area contributed by atoms with Crippen LogP contribution in [-0.2, 0) is 4.79 Å². The summed E-state index contributed by atoms with van der Waals surface area (Å²) in [5, 5.41) is 14.5. The van der Waals surface area contributed by atoms with Crippen molar-refractivity contribution >= 4 is 37.6 Å². The molecular weight excluding hydrogens is 572 g/mol. The number of nitrogens with one attached hydrogen (secondary N) is 1. The molecule has 2 aliphatic rings. The number of Topliss-reactive ketones (excluding diaryl/α,β-unsaturated/α-hetero) is 1. The van der Waals surface area contributed by atoms with E-state index in [2.05, 4.69) is 50.2 Å². The number of hydrogen-bond donors (Lipinski definition) is 1. The first-order valence-electron chi connectivity index (χ1n) is 12.7. The smallest absolute Gasteiger partial charge is 0.175 e. The molecule has 0 fully saturated rings. The van der Waals surface area contributed by atoms with Gasteiger partial charge in [-0.3, -0.25) is 4.79 Å². The van der Waals surface area contributed by atoms with Crippen LogP contribution in [-0.4, -0.2) is 24.3 Å². The molecule has 7 heteroatoms. The molecule has 1 aliphatic heterocycles. The van der Waals surface area contributed by atoms with Gasteiger partial charge in [-0.15, -0.1) is 0 Å². The second-order valence-electron chi connectivity index (χ2n) is 9.30. The highest BCUT2D eigenvalue weighted by atomic mass is 79.9. The summed E-state index contributed by atoms with van der Waals surface area (Å²) in [7, 11) is 0. The highest BCUT2D eigenvalue weighted by Gasteiger charge is 2.39. The number of carbonyl (C=O) groups excluding carboxylic acids is 1. The van der Waals surface area contributed by atoms with E-state index in [1.54, 1.807) is 0 Å². The molecule has 5 nitrogen and oxygen atoms in total. The van der Waals surface area contributed by atoms with Crippen molar-refractivity contribution < 1.29 is 14.3 Å². The van der Waals surface area contributed by atoms with Gasteiger partial charge in [0.1, 0.15) is 0 Å². The Morgan fingerprint density at radius 2 is 1.91 bits per heavy atom. The number of benzene rings is 1. The maximum Gasteiger partial charge on any atom is 0.175 e. The lowest BCUT2D eigenvalue weighted by molar-refractivity contribution is -0.117. The number of ketones is 1. The molecule has 1 heterocycles. The minimum absolute atomic E-state index is 0.139. The van der Waals surface area contributed by atoms with Gasteiger partial charge in [0, 0.05) is 28.7 Å². The number of nitrogens with zero attached hydrogens (tertiary/aromatic N) is 1. The maximum atomic E-state index is 13.4. The second-order valence-corrected chi connectivity index (χ2v) is 10.9. The van der Waals surface area contributed by atoms with Crippen LogP contribution in [0.3, 0.4) is 0 Å². The van der Waals surface area contributed by atoms with Crippen LogP contribution in [0.2, 0.25) is 0 Å². The number of halogens is 2. The summed E-state index contributed by atoms with van der Waals surface area (Å²) in [4.78, 5) is 13.4. The van der Waals surface area contributed by atoms with Gasteiger partial charge in [0.25, 0.3) is 0 Å². The van der Waals surface area contributed by atoms with Crippen molar-refractivity contribution in [3.8, 4) is 17.6 Å². The zero-order chi connectivity index (χ0) is 25.4. The number of dihydropyridines is 1. The predicted octanol–water partition coefficient (Wildman–Crippen LogP) is 7.70. The van der Waals surface area contributed by atoms with Crippen molar-refractivity contribution in [1.82, 2.24) is 5.32 Å². The van der Waals surface area contributed by atoms with Crippen molar-refractivity contribution in [2.45, 2.75) is 78.1 Å². The van der Waals surface area contributed by atoms with Gasteiger partial charge in [-0.2, -0.15) is 5.26 Å². The number of alkyl halides is 1. The summed E-state index contributed by atoms with van der Waals surface area (Å²) in [6.45, 7) is 7.13. The van der Waals surface area contributed by atoms with E-state index in [9.17, 15) is 10.1 Å². The first-order chi connectivity index (χ1) is 16.9. The first-order valence-corrected chi connectivity index (χ1v) is 14.7. The quantitative estimate of drug-likeness (QED) is 0.195. The zero-order valence-corrected chi connectivity index (χ0v) is 24.2. The molecule has 0 saturated carbocycles. The molecule has 35 heavy (non-hydrogen) atoms. The third kappa shape index (κ3) is 6.71. The molecular formula is C28H36Br2N2O3. The van der Waals surface area contributed by atoms with Gasteiger partial charge in [-0.05, 0) is 79.1 Å². The lowest BCUT2D eigenvalue weighted by Gasteiger charge is -2.35. The van der Waals surface area contributed by atoms with E-state index in [1.165, 1.54) is 12.8 Å². The van der Waals surface area contributed by atoms with Gasteiger partial charge >= 0.3 is 0 Å². The lowest BCUT2D eigenvalue weighted by atomic mass is 9.72. The van der Waals surface area contributed by atoms with Crippen molar-refractivity contribution in [3.63, 3.8) is 0 Å². The fourth-order valence-corrected chi connectivity index (χ4v) is 6.07. The summed E-state index contributed by atoms with van der Waals surface area (Å²) in [6, 6.07) is 6.31. The van der Waals surface area contributed by atoms with Crippen LogP contribution in [0.25, 0.3) is 0 Å². The van der Waals surface area contributed by atoms with Gasteiger partial charge in [0.05, 0.1) is 35.2 Å². The van der Waals surface area contributed by atoms with Crippen LogP contribution in [0.15, 0.2) is 39.1 Å². The van der Waals surface area contributed by atoms with E-state index in [1.807, 2.05) is 26.0 Å². The van der Waals surface area contributed by atoms with Crippen LogP contribution in [0.5, 0.6) is 11.5 Å². The van der Waals surface area contributed by atoms with Crippen LogP contribution in [0.1, 0.15) is 83.6 Å². The first kappa shape index (κ1) is 27.8. The summed E-state index contributed by atoms with van der Waals surface area (Å²) >= 11 is 7.17. The van der Waals surface area contributed by atoms with E-state index in [0.29, 0.717) is 42.6 Å². The number of nitriles is 1. The molecule has 190 valence electrons. The van der Waals surface area contributed by atoms with E-state index in [0.717, 1.165) is 64.4 Å². The fraction of sp³-hybridized carbons (Fsp3) is 0.571. The van der Waals surface area contributed by atoms with Crippen molar-refractivity contribution in [2.24, 2.45) is 5.92 Å². The number of unbranched alkanes of at least 4 members (excludes halogenated alkanes) is 3. The number of carbonyl (C=O) groups is 1. The van der Waals surface area contributed by atoms with Gasteiger partial charge in [0.2, 0.25) is 0 Å². The molecule has 0 bridgehead atoms. The molecule has 0 amide bonds. The monoisotopic (exact) mass is 606 g/mol. The topological polar surface area (TPSA) is 71.4 Å². The standard InChI is InChI=1S/C28H36Br2N2O3/c1-4-10-19-13-23-27(24(33)14-19)26(21(17-31)18(3)32-23)20-15-22(30)28(25(16-20)34-5-2)35-12-9-7-6-8-11-29/h15-16,19,26,32H,4-14H2,1-3H3. The highest BCUT2D eigenvalue weighted by Crippen LogP contribution is 2.47. The maximum absolute atomic E-state index is 13.4. The number of ether oxygens (including phenoxy) is 2. The molecule has 0 saturated heterocycles. The van der Waals surface area contributed by atoms with Crippen molar-refractivity contribution in [1.29, 1.82) is 5.26 Å². The molecule has 1 aromatic carbocycles. The second kappa shape index (κ2) is 13.5. The summed E-state index contributed by atoms with van der Waals surface area (Å²) in [6.07, 6.45) is 7.92. The Balaban J connectivity index is 1.95. The highest BCUT2D eigenvalue weighted by molar-refractivity contribution is 9.10. The average molecular weight is 608 g/mol. The Bertz CT molecular complexity index is 1030. The number of allylic oxidation sites excluding steroid dienone is 4. The molecule has 0 radical (unpaired) electrons. The van der Waals surface area contributed by atoms with Crippen LogP contribution < -0.4 is 14.8 Å². The van der Waals surface area contributed by atoms with Gasteiger partial charge in [-0.25, -0.2) is 0 Å². The van der Waals surface area contributed by atoms with Crippen LogP contribution in [0.4, 0.5) is 0 Å². The van der Waals surface area contributed by atoms with Crippen LogP contribution in [0, 0.1) is 17.2 Å². The normalized spacial score (nSPS) is 19.8. The summed E-state index contributed by atoms with van der Waals surface area (Å²) in [5.74, 6) is 1.41. The van der Waals surface area contributed by atoms with Crippen molar-refractivity contribution in [2.75, 3.05) is 18.5 Å². The third-order valence-corrected chi connectivity index (χ3v) is 7.82. The van der Waals surface area contributed by atoms with Gasteiger partial charge in [-0.1, -0.05) is 42.1 Å². The van der Waals surface area contributed by atoms with Gasteiger partial charge < -0.3 is 14.8 Å². The van der Waals surface area contributed by atoms with E-state index in [-0.39, 0.29) is 5.78 Å². The largest absolute Gasteiger partial charge is 0.490 e. The Morgan fingerprint density at radius 1 is 1.14 bits per heavy atom. The Hall–Kier alpha value is -1.78. The van der Waals surface area contributed by atoms with Crippen LogP contribution >= 0.6 is 31.9 Å². The molecule has 0 aromatic heterocycles. The molecule has 1 aromatic rings. The summed E-state index contributed by atoms with van der Waals surface area (Å²) < 4.78 is 12.9. The summed E-state index contributed by atoms with van der Waals surface area (Å²) in [5.41, 5.74) is 3.98. The molecule has 1 aliphatic carbocycles. The Morgan fingerprint density at radius 3 is 2.60 bits per heavy atom. The molecule has 0 spiro atoms. The Kier molecular flexibility index (Phi) is 10.7. The molecule has 1 N–H and O–H groups in total. The third-order valence-electron chi connectivity index (χ3n) is 6.67. The molecule has 2 atom stereocenters. The zero-order valence-electron chi connectivity index (χ0n) is 21.0. The van der Waals surface area contributed by atoms with Crippen molar-refractivity contribution in [3.05, 3.63) is 44.7 Å². The number of hydrogen-bond acceptors (Lipinski definition) is 5. The van der Waals surface area contributed by atoms with E-state index < -0.39 is 5.92 Å². The van der Waals surface area contributed by atoms with E-state index >= 15 is 0 Å². The minimum Gasteiger partial charge on any atom is -0.490 e. The van der Waals surface area contributed by atoms with Gasteiger partial charge in [0.15, 0.2) is 17.3 Å². The fourth-order valence-electron chi connectivity index (χ4n) is 5.10. The molecule has 3 rings (SSSR count). The average Bonchev–Trinajstić information content (AvgIpc) is 2.82. The molecule has 2 unspecified atom stereocenters. The SMILES string of the molecule is CCCC1CC(=O)C2=C(C1)NC(C)=C(C#N)C2c1cc(Br)c(OCCCCCCBr)c(OCC)c1. The number of rotatable bonds is 12. The minimum atomic E-state index is -0.403. The lowest BCUT2D eigenvalue weighted by Crippen LogP contribution is -2.34.